The average molecular weight is 432 g/mol. The lowest BCUT2D eigenvalue weighted by atomic mass is 10.1. The van der Waals surface area contributed by atoms with E-state index in [-0.39, 0.29) is 22.9 Å². The first-order valence-electron chi connectivity index (χ1n) is 8.30. The van der Waals surface area contributed by atoms with E-state index in [2.05, 4.69) is 9.97 Å². The van der Waals surface area contributed by atoms with Crippen LogP contribution < -0.4 is 15.0 Å². The second-order valence-corrected chi connectivity index (χ2v) is 7.00. The minimum absolute atomic E-state index is 0.0865. The van der Waals surface area contributed by atoms with Crippen molar-refractivity contribution < 1.29 is 13.9 Å². The molecule has 0 spiro atoms. The lowest BCUT2D eigenvalue weighted by Gasteiger charge is -2.13. The summed E-state index contributed by atoms with van der Waals surface area (Å²) in [5, 5.41) is 10.0. The molecule has 1 aromatic heterocycles. The molecular formula is C20H15ClFN3O3S. The highest BCUT2D eigenvalue weighted by atomic mass is 35.5. The average Bonchev–Trinajstić information content (AvgIpc) is 2.72. The molecule has 0 unspecified atom stereocenters. The Bertz CT molecular complexity index is 1160. The van der Waals surface area contributed by atoms with Gasteiger partial charge in [0.05, 0.1) is 17.8 Å². The van der Waals surface area contributed by atoms with Crippen LogP contribution >= 0.6 is 23.4 Å². The zero-order valence-corrected chi connectivity index (χ0v) is 17.0. The molecule has 0 amide bonds. The van der Waals surface area contributed by atoms with Crippen LogP contribution in [0.25, 0.3) is 11.3 Å². The maximum Gasteiger partial charge on any atom is 0.270 e. The fourth-order valence-corrected chi connectivity index (χ4v) is 3.19. The van der Waals surface area contributed by atoms with Gasteiger partial charge in [-0.3, -0.25) is 4.79 Å². The van der Waals surface area contributed by atoms with E-state index in [1.54, 1.807) is 30.5 Å². The number of benzene rings is 2. The molecule has 0 aliphatic rings. The fraction of sp³-hybridized carbons (Fsp3) is 0.150. The van der Waals surface area contributed by atoms with Gasteiger partial charge in [0.1, 0.15) is 24.1 Å². The summed E-state index contributed by atoms with van der Waals surface area (Å²) in [5.74, 6) is 0.381. The van der Waals surface area contributed by atoms with Crippen molar-refractivity contribution in [2.75, 3.05) is 13.4 Å². The molecule has 0 atom stereocenters. The summed E-state index contributed by atoms with van der Waals surface area (Å²) in [6.45, 7) is 0.109. The van der Waals surface area contributed by atoms with Crippen LogP contribution in [0, 0.1) is 17.1 Å². The van der Waals surface area contributed by atoms with E-state index in [0.29, 0.717) is 27.8 Å². The van der Waals surface area contributed by atoms with Crippen molar-refractivity contribution in [3.05, 3.63) is 68.7 Å². The number of nitrogens with one attached hydrogen (secondary N) is 1. The largest absolute Gasteiger partial charge is 0.493 e. The zero-order valence-electron chi connectivity index (χ0n) is 15.5. The maximum absolute atomic E-state index is 13.2. The molecule has 2 aromatic carbocycles. The van der Waals surface area contributed by atoms with E-state index in [1.165, 1.54) is 31.0 Å². The molecule has 6 nitrogen and oxygen atoms in total. The van der Waals surface area contributed by atoms with Gasteiger partial charge in [-0.2, -0.15) is 5.26 Å². The van der Waals surface area contributed by atoms with Crippen molar-refractivity contribution in [1.29, 1.82) is 5.26 Å². The molecule has 29 heavy (non-hydrogen) atoms. The van der Waals surface area contributed by atoms with Crippen molar-refractivity contribution in [1.82, 2.24) is 9.97 Å². The van der Waals surface area contributed by atoms with Crippen LogP contribution in [0.15, 0.2) is 46.3 Å². The number of thioether (sulfide) groups is 1. The molecule has 3 aromatic rings. The first-order valence-corrected chi connectivity index (χ1v) is 9.90. The third kappa shape index (κ3) is 4.53. The van der Waals surface area contributed by atoms with Gasteiger partial charge in [-0.1, -0.05) is 29.4 Å². The third-order valence-corrected chi connectivity index (χ3v) is 4.97. The first kappa shape index (κ1) is 20.7. The number of hydrogen-bond acceptors (Lipinski definition) is 6. The van der Waals surface area contributed by atoms with Gasteiger partial charge in [0, 0.05) is 11.1 Å². The van der Waals surface area contributed by atoms with Crippen molar-refractivity contribution in [3.8, 4) is 28.8 Å². The number of halogens is 2. The predicted octanol–water partition coefficient (Wildman–Crippen LogP) is 4.41. The summed E-state index contributed by atoms with van der Waals surface area (Å²) in [6.07, 6.45) is 1.77. The number of ether oxygens (including phenoxy) is 2. The van der Waals surface area contributed by atoms with Gasteiger partial charge in [0.2, 0.25) is 0 Å². The van der Waals surface area contributed by atoms with Gasteiger partial charge in [0.25, 0.3) is 5.56 Å². The minimum atomic E-state index is -0.507. The molecule has 1 heterocycles. The number of H-pyrrole nitrogens is 1. The Labute approximate surface area is 175 Å². The van der Waals surface area contributed by atoms with E-state index in [1.807, 2.05) is 6.07 Å². The minimum Gasteiger partial charge on any atom is -0.493 e. The fourth-order valence-electron chi connectivity index (χ4n) is 2.59. The van der Waals surface area contributed by atoms with Gasteiger partial charge in [-0.25, -0.2) is 9.37 Å². The van der Waals surface area contributed by atoms with Crippen molar-refractivity contribution >= 4 is 23.4 Å². The molecule has 0 aliphatic carbocycles. The number of aromatic amines is 1. The first-order chi connectivity index (χ1) is 14.0. The Morgan fingerprint density at radius 2 is 2.07 bits per heavy atom. The van der Waals surface area contributed by atoms with Crippen LogP contribution in [0.3, 0.4) is 0 Å². The number of hydrogen-bond donors (Lipinski definition) is 1. The van der Waals surface area contributed by atoms with Crippen molar-refractivity contribution in [2.45, 2.75) is 11.8 Å². The molecule has 3 rings (SSSR count). The molecule has 0 radical (unpaired) electrons. The second-order valence-electron chi connectivity index (χ2n) is 5.80. The quantitative estimate of drug-likeness (QED) is 0.459. The molecule has 0 saturated heterocycles. The third-order valence-electron chi connectivity index (χ3n) is 4.04. The molecule has 0 fully saturated rings. The Morgan fingerprint density at radius 1 is 1.28 bits per heavy atom. The van der Waals surface area contributed by atoms with Crippen LogP contribution in [0.1, 0.15) is 11.1 Å². The number of methoxy groups -OCH3 is 1. The highest BCUT2D eigenvalue weighted by molar-refractivity contribution is 7.98. The smallest absolute Gasteiger partial charge is 0.270 e. The van der Waals surface area contributed by atoms with E-state index in [9.17, 15) is 14.4 Å². The number of nitriles is 1. The monoisotopic (exact) mass is 431 g/mol. The zero-order chi connectivity index (χ0) is 21.0. The van der Waals surface area contributed by atoms with E-state index < -0.39 is 11.4 Å². The lowest BCUT2D eigenvalue weighted by molar-refractivity contribution is 0.284. The van der Waals surface area contributed by atoms with Crippen LogP contribution in [-0.4, -0.2) is 23.3 Å². The van der Waals surface area contributed by atoms with Crippen LogP contribution in [0.4, 0.5) is 4.39 Å². The molecule has 1 N–H and O–H groups in total. The van der Waals surface area contributed by atoms with E-state index in [0.717, 1.165) is 0 Å². The Kier molecular flexibility index (Phi) is 6.42. The van der Waals surface area contributed by atoms with Crippen LogP contribution in [0.2, 0.25) is 5.02 Å². The molecule has 148 valence electrons. The summed E-state index contributed by atoms with van der Waals surface area (Å²) in [6, 6.07) is 10.9. The van der Waals surface area contributed by atoms with Crippen molar-refractivity contribution in [3.63, 3.8) is 0 Å². The highest BCUT2D eigenvalue weighted by Gasteiger charge is 2.16. The van der Waals surface area contributed by atoms with Gasteiger partial charge in [0.15, 0.2) is 16.7 Å². The number of aromatic nitrogens is 2. The van der Waals surface area contributed by atoms with Gasteiger partial charge in [-0.05, 0) is 36.6 Å². The lowest BCUT2D eigenvalue weighted by Crippen LogP contribution is -2.14. The second kappa shape index (κ2) is 8.99. The maximum atomic E-state index is 13.2. The molecular weight excluding hydrogens is 417 g/mol. The summed E-state index contributed by atoms with van der Waals surface area (Å²) in [5.41, 5.74) is 0.814. The SMILES string of the molecule is COc1cc(-c2nc(SC)[nH]c(=O)c2C#N)ccc1OCc1ccc(F)cc1Cl. The predicted molar refractivity (Wildman–Crippen MR) is 109 cm³/mol. The van der Waals surface area contributed by atoms with Gasteiger partial charge >= 0.3 is 0 Å². The topological polar surface area (TPSA) is 88.0 Å². The van der Waals surface area contributed by atoms with Gasteiger partial charge < -0.3 is 14.5 Å². The summed E-state index contributed by atoms with van der Waals surface area (Å²) < 4.78 is 24.3. The number of nitrogens with zero attached hydrogens (tertiary/aromatic N) is 2. The van der Waals surface area contributed by atoms with Gasteiger partial charge in [-0.15, -0.1) is 0 Å². The number of rotatable bonds is 6. The Hall–Kier alpha value is -3.02. The molecule has 9 heteroatoms. The van der Waals surface area contributed by atoms with E-state index >= 15 is 0 Å². The summed E-state index contributed by atoms with van der Waals surface area (Å²) in [4.78, 5) is 19.0. The van der Waals surface area contributed by atoms with Crippen LogP contribution in [-0.2, 0) is 6.61 Å². The standard InChI is InChI=1S/C20H15ClFN3O3S/c1-27-17-7-11(18-14(9-23)19(26)25-20(24-18)29-2)4-6-16(17)28-10-12-3-5-13(22)8-15(12)21/h3-8H,10H2,1-2H3,(H,24,25,26). The molecule has 0 bridgehead atoms. The van der Waals surface area contributed by atoms with E-state index in [4.69, 9.17) is 21.1 Å². The summed E-state index contributed by atoms with van der Waals surface area (Å²) >= 11 is 7.29. The van der Waals surface area contributed by atoms with Crippen molar-refractivity contribution in [2.24, 2.45) is 0 Å². The highest BCUT2D eigenvalue weighted by Crippen LogP contribution is 2.33. The molecule has 0 aliphatic heterocycles. The molecule has 0 saturated carbocycles. The summed E-state index contributed by atoms with van der Waals surface area (Å²) in [7, 11) is 1.47. The van der Waals surface area contributed by atoms with Crippen LogP contribution in [0.5, 0.6) is 11.5 Å². The normalized spacial score (nSPS) is 10.4. The Balaban J connectivity index is 1.95. The Morgan fingerprint density at radius 3 is 2.72 bits per heavy atom.